The Kier molecular flexibility index (Phi) is 6.90. The number of aromatic nitrogens is 2. The van der Waals surface area contributed by atoms with Crippen molar-refractivity contribution in [3.8, 4) is 44.8 Å². The Morgan fingerprint density at radius 3 is 1.61 bits per heavy atom. The Bertz CT molecular complexity index is 3180. The average molecular weight is 687 g/mol. The van der Waals surface area contributed by atoms with E-state index >= 15 is 0 Å². The molecule has 2 aromatic heterocycles. The minimum atomic E-state index is 1.16. The quantitative estimate of drug-likeness (QED) is 0.171. The van der Waals surface area contributed by atoms with Gasteiger partial charge in [-0.1, -0.05) is 152 Å². The summed E-state index contributed by atoms with van der Waals surface area (Å²) in [6.07, 6.45) is 0. The molecule has 0 radical (unpaired) electrons. The minimum Gasteiger partial charge on any atom is -0.309 e. The minimum absolute atomic E-state index is 1.16. The molecule has 54 heavy (non-hydrogen) atoms. The number of benzene rings is 9. The number of hydrogen-bond acceptors (Lipinski definition) is 0. The molecule has 0 aliphatic heterocycles. The summed E-state index contributed by atoms with van der Waals surface area (Å²) < 4.78 is 4.85. The monoisotopic (exact) mass is 686 g/mol. The van der Waals surface area contributed by atoms with E-state index in [1.54, 1.807) is 0 Å². The van der Waals surface area contributed by atoms with E-state index in [1.807, 2.05) is 0 Å². The van der Waals surface area contributed by atoms with Gasteiger partial charge >= 0.3 is 0 Å². The third kappa shape index (κ3) is 4.74. The molecule has 0 aliphatic carbocycles. The van der Waals surface area contributed by atoms with Crippen molar-refractivity contribution in [1.82, 2.24) is 9.13 Å². The molecule has 0 fully saturated rings. The third-order valence-corrected chi connectivity index (χ3v) is 11.1. The Balaban J connectivity index is 1.12. The second kappa shape index (κ2) is 12.2. The first-order chi connectivity index (χ1) is 26.8. The van der Waals surface area contributed by atoms with Crippen molar-refractivity contribution >= 4 is 54.4 Å². The van der Waals surface area contributed by atoms with Gasteiger partial charge in [-0.05, 0) is 93.4 Å². The molecule has 11 aromatic rings. The zero-order valence-electron chi connectivity index (χ0n) is 29.5. The van der Waals surface area contributed by atoms with Gasteiger partial charge in [0.05, 0.1) is 27.8 Å². The highest BCUT2D eigenvalue weighted by atomic mass is 15.0. The largest absolute Gasteiger partial charge is 0.309 e. The van der Waals surface area contributed by atoms with Crippen LogP contribution < -0.4 is 0 Å². The van der Waals surface area contributed by atoms with Crippen LogP contribution in [0.1, 0.15) is 0 Å². The topological polar surface area (TPSA) is 9.86 Å². The van der Waals surface area contributed by atoms with Crippen molar-refractivity contribution in [3.63, 3.8) is 0 Å². The predicted molar refractivity (Wildman–Crippen MR) is 229 cm³/mol. The first kappa shape index (κ1) is 30.5. The van der Waals surface area contributed by atoms with Crippen molar-refractivity contribution in [1.29, 1.82) is 0 Å². The van der Waals surface area contributed by atoms with E-state index in [4.69, 9.17) is 0 Å². The maximum absolute atomic E-state index is 2.43. The second-order valence-electron chi connectivity index (χ2n) is 14.1. The fourth-order valence-corrected chi connectivity index (χ4v) is 8.63. The summed E-state index contributed by atoms with van der Waals surface area (Å²) in [7, 11) is 0. The van der Waals surface area contributed by atoms with Crippen molar-refractivity contribution in [2.24, 2.45) is 0 Å². The van der Waals surface area contributed by atoms with Crippen molar-refractivity contribution in [2.75, 3.05) is 0 Å². The van der Waals surface area contributed by atoms with Crippen LogP contribution in [0.15, 0.2) is 206 Å². The van der Waals surface area contributed by atoms with Crippen LogP contribution in [0.3, 0.4) is 0 Å². The molecular weight excluding hydrogens is 653 g/mol. The lowest BCUT2D eigenvalue weighted by molar-refractivity contribution is 1.18. The first-order valence-corrected chi connectivity index (χ1v) is 18.6. The van der Waals surface area contributed by atoms with Crippen LogP contribution in [0.4, 0.5) is 0 Å². The molecule has 9 aromatic carbocycles. The lowest BCUT2D eigenvalue weighted by Gasteiger charge is -2.12. The molecule has 0 N–H and O–H groups in total. The highest BCUT2D eigenvalue weighted by Crippen LogP contribution is 2.42. The molecular formula is C52H34N2. The number of hydrogen-bond donors (Lipinski definition) is 0. The SMILES string of the molecule is c1ccc(-c2ccc(-c3cccc4c3c3cc(-c5ccc6c(c5)c5ccccc5n6-c5cccc6ccccc56)ccc3n4-c3ccccc3)cc2)cc1. The van der Waals surface area contributed by atoms with Gasteiger partial charge in [-0.15, -0.1) is 0 Å². The van der Waals surface area contributed by atoms with Gasteiger partial charge in [0, 0.05) is 32.6 Å². The Hall–Kier alpha value is -7.16. The van der Waals surface area contributed by atoms with E-state index in [0.717, 1.165) is 5.69 Å². The highest BCUT2D eigenvalue weighted by Gasteiger charge is 2.19. The standard InChI is InChI=1S/C52H34N2/c1-3-13-35(14-4-1)36-25-27-38(28-26-36)43-21-12-24-51-52(43)46-34-40(30-32-50(46)53(51)41-17-5-2-6-18-41)39-29-31-49-45(33-39)44-20-9-10-22-48(44)54(49)47-23-11-16-37-15-7-8-19-42(37)47/h1-34H. The van der Waals surface area contributed by atoms with E-state index in [2.05, 4.69) is 215 Å². The van der Waals surface area contributed by atoms with E-state index < -0.39 is 0 Å². The van der Waals surface area contributed by atoms with Crippen LogP contribution in [-0.2, 0) is 0 Å². The van der Waals surface area contributed by atoms with Gasteiger partial charge in [-0.2, -0.15) is 0 Å². The molecule has 0 aliphatic rings. The van der Waals surface area contributed by atoms with Gasteiger partial charge in [-0.3, -0.25) is 0 Å². The van der Waals surface area contributed by atoms with E-state index in [1.165, 1.54) is 93.5 Å². The molecule has 0 saturated carbocycles. The smallest absolute Gasteiger partial charge is 0.0547 e. The second-order valence-corrected chi connectivity index (χ2v) is 14.1. The van der Waals surface area contributed by atoms with E-state index in [9.17, 15) is 0 Å². The zero-order chi connectivity index (χ0) is 35.6. The van der Waals surface area contributed by atoms with Crippen molar-refractivity contribution in [2.45, 2.75) is 0 Å². The van der Waals surface area contributed by atoms with Gasteiger partial charge in [0.15, 0.2) is 0 Å². The van der Waals surface area contributed by atoms with Gasteiger partial charge in [-0.25, -0.2) is 0 Å². The van der Waals surface area contributed by atoms with E-state index in [-0.39, 0.29) is 0 Å². The maximum Gasteiger partial charge on any atom is 0.0547 e. The van der Waals surface area contributed by atoms with Gasteiger partial charge in [0.2, 0.25) is 0 Å². The fraction of sp³-hybridized carbons (Fsp3) is 0. The van der Waals surface area contributed by atoms with Crippen LogP contribution in [0.5, 0.6) is 0 Å². The number of rotatable bonds is 5. The molecule has 0 amide bonds. The summed E-state index contributed by atoms with van der Waals surface area (Å²) in [6, 6.07) is 75.2. The third-order valence-electron chi connectivity index (χ3n) is 11.1. The zero-order valence-corrected chi connectivity index (χ0v) is 29.5. The van der Waals surface area contributed by atoms with Crippen LogP contribution in [0.2, 0.25) is 0 Å². The molecule has 2 heteroatoms. The molecule has 0 atom stereocenters. The number of para-hydroxylation sites is 2. The normalized spacial score (nSPS) is 11.7. The summed E-state index contributed by atoms with van der Waals surface area (Å²) >= 11 is 0. The number of nitrogens with zero attached hydrogens (tertiary/aromatic N) is 2. The average Bonchev–Trinajstić information content (AvgIpc) is 3.76. The summed E-state index contributed by atoms with van der Waals surface area (Å²) in [5, 5.41) is 7.50. The summed E-state index contributed by atoms with van der Waals surface area (Å²) in [6.45, 7) is 0. The first-order valence-electron chi connectivity index (χ1n) is 18.6. The van der Waals surface area contributed by atoms with Crippen LogP contribution in [0.25, 0.3) is 99.1 Å². The van der Waals surface area contributed by atoms with Gasteiger partial charge < -0.3 is 9.13 Å². The lowest BCUT2D eigenvalue weighted by atomic mass is 9.95. The van der Waals surface area contributed by atoms with Crippen molar-refractivity contribution in [3.05, 3.63) is 206 Å². The molecule has 0 spiro atoms. The van der Waals surface area contributed by atoms with Crippen LogP contribution >= 0.6 is 0 Å². The van der Waals surface area contributed by atoms with Gasteiger partial charge in [0.1, 0.15) is 0 Å². The summed E-state index contributed by atoms with van der Waals surface area (Å²) in [4.78, 5) is 0. The van der Waals surface area contributed by atoms with Gasteiger partial charge in [0.25, 0.3) is 0 Å². The molecule has 11 rings (SSSR count). The molecule has 0 bridgehead atoms. The summed E-state index contributed by atoms with van der Waals surface area (Å²) in [5.74, 6) is 0. The maximum atomic E-state index is 2.43. The molecule has 2 nitrogen and oxygen atoms in total. The lowest BCUT2D eigenvalue weighted by Crippen LogP contribution is -1.95. The Morgan fingerprint density at radius 1 is 0.278 bits per heavy atom. The molecule has 252 valence electrons. The summed E-state index contributed by atoms with van der Waals surface area (Å²) in [5.41, 5.74) is 14.5. The molecule has 2 heterocycles. The molecule has 0 unspecified atom stereocenters. The fourth-order valence-electron chi connectivity index (χ4n) is 8.63. The van der Waals surface area contributed by atoms with Crippen LogP contribution in [-0.4, -0.2) is 9.13 Å². The highest BCUT2D eigenvalue weighted by molar-refractivity contribution is 6.17. The van der Waals surface area contributed by atoms with Crippen LogP contribution in [0, 0.1) is 0 Å². The van der Waals surface area contributed by atoms with E-state index in [0.29, 0.717) is 0 Å². The Labute approximate surface area is 313 Å². The van der Waals surface area contributed by atoms with Crippen molar-refractivity contribution < 1.29 is 0 Å². The Morgan fingerprint density at radius 2 is 0.815 bits per heavy atom. The predicted octanol–water partition coefficient (Wildman–Crippen LogP) is 14.0. The molecule has 0 saturated heterocycles. The number of fused-ring (bicyclic) bond motifs is 7.